The van der Waals surface area contributed by atoms with Crippen molar-refractivity contribution in [1.29, 1.82) is 0 Å². The van der Waals surface area contributed by atoms with Crippen LogP contribution in [0.1, 0.15) is 44.6 Å². The van der Waals surface area contributed by atoms with Gasteiger partial charge < -0.3 is 9.84 Å². The maximum absolute atomic E-state index is 10.1. The molecule has 1 aromatic rings. The number of hydrogen-bond acceptors (Lipinski definition) is 2. The summed E-state index contributed by atoms with van der Waals surface area (Å²) in [7, 11) is 0. The maximum atomic E-state index is 10.1. The SMILES string of the molecule is C=CC1CCC(CC(O)C#Cc2ccc(OCC)cc2)CC1. The minimum absolute atomic E-state index is 0.531. The van der Waals surface area contributed by atoms with Crippen molar-refractivity contribution in [2.24, 2.45) is 11.8 Å². The molecule has 1 aromatic carbocycles. The van der Waals surface area contributed by atoms with Gasteiger partial charge >= 0.3 is 0 Å². The number of rotatable bonds is 5. The normalized spacial score (nSPS) is 22.3. The summed E-state index contributed by atoms with van der Waals surface area (Å²) in [5.74, 6) is 8.14. The molecule has 1 aliphatic rings. The van der Waals surface area contributed by atoms with Gasteiger partial charge in [0.2, 0.25) is 0 Å². The van der Waals surface area contributed by atoms with Crippen molar-refractivity contribution in [3.63, 3.8) is 0 Å². The molecule has 0 aliphatic heterocycles. The Bertz CT molecular complexity index is 513. The summed E-state index contributed by atoms with van der Waals surface area (Å²) in [6.07, 6.45) is 7.08. The Morgan fingerprint density at radius 2 is 1.95 bits per heavy atom. The summed E-state index contributed by atoms with van der Waals surface area (Å²) in [6.45, 7) is 6.50. The molecule has 0 amide bonds. The lowest BCUT2D eigenvalue weighted by Crippen LogP contribution is -2.18. The van der Waals surface area contributed by atoms with Crippen LogP contribution in [0.4, 0.5) is 0 Å². The highest BCUT2D eigenvalue weighted by molar-refractivity contribution is 5.38. The first-order valence-electron chi connectivity index (χ1n) is 8.26. The fraction of sp³-hybridized carbons (Fsp3) is 0.500. The number of hydrogen-bond donors (Lipinski definition) is 1. The largest absolute Gasteiger partial charge is 0.494 e. The van der Waals surface area contributed by atoms with Gasteiger partial charge in [-0.1, -0.05) is 17.9 Å². The van der Waals surface area contributed by atoms with Crippen LogP contribution in [0.15, 0.2) is 36.9 Å². The Morgan fingerprint density at radius 3 is 2.55 bits per heavy atom. The molecule has 118 valence electrons. The van der Waals surface area contributed by atoms with Crippen molar-refractivity contribution in [1.82, 2.24) is 0 Å². The molecule has 1 fully saturated rings. The first kappa shape index (κ1) is 16.6. The number of aliphatic hydroxyl groups excluding tert-OH is 1. The summed E-state index contributed by atoms with van der Waals surface area (Å²) in [5, 5.41) is 10.1. The van der Waals surface area contributed by atoms with Gasteiger partial charge in [-0.05, 0) is 75.1 Å². The second kappa shape index (κ2) is 8.66. The predicted octanol–water partition coefficient (Wildman–Crippen LogP) is 4.18. The molecule has 1 atom stereocenters. The fourth-order valence-corrected chi connectivity index (χ4v) is 3.00. The highest BCUT2D eigenvalue weighted by Crippen LogP contribution is 2.31. The van der Waals surface area contributed by atoms with E-state index >= 15 is 0 Å². The van der Waals surface area contributed by atoms with Gasteiger partial charge in [-0.15, -0.1) is 6.58 Å². The highest BCUT2D eigenvalue weighted by Gasteiger charge is 2.20. The van der Waals surface area contributed by atoms with Crippen LogP contribution in [0, 0.1) is 23.7 Å². The average molecular weight is 298 g/mol. The molecule has 0 saturated heterocycles. The van der Waals surface area contributed by atoms with Crippen molar-refractivity contribution in [3.05, 3.63) is 42.5 Å². The summed E-state index contributed by atoms with van der Waals surface area (Å²) < 4.78 is 5.40. The predicted molar refractivity (Wildman–Crippen MR) is 90.8 cm³/mol. The van der Waals surface area contributed by atoms with E-state index in [-0.39, 0.29) is 0 Å². The molecule has 1 saturated carbocycles. The highest BCUT2D eigenvalue weighted by atomic mass is 16.5. The topological polar surface area (TPSA) is 29.5 Å². The smallest absolute Gasteiger partial charge is 0.119 e. The minimum atomic E-state index is -0.531. The van der Waals surface area contributed by atoms with Crippen LogP contribution >= 0.6 is 0 Å². The molecule has 1 aliphatic carbocycles. The second-order valence-corrected chi connectivity index (χ2v) is 5.99. The monoisotopic (exact) mass is 298 g/mol. The van der Waals surface area contributed by atoms with Gasteiger partial charge in [-0.3, -0.25) is 0 Å². The molecule has 0 radical (unpaired) electrons. The summed E-state index contributed by atoms with van der Waals surface area (Å²) in [4.78, 5) is 0. The van der Waals surface area contributed by atoms with Crippen LogP contribution in [0.2, 0.25) is 0 Å². The van der Waals surface area contributed by atoms with Crippen LogP contribution in [0.25, 0.3) is 0 Å². The number of aliphatic hydroxyl groups is 1. The number of allylic oxidation sites excluding steroid dienone is 1. The third kappa shape index (κ3) is 5.24. The molecular weight excluding hydrogens is 272 g/mol. The quantitative estimate of drug-likeness (QED) is 0.653. The summed E-state index contributed by atoms with van der Waals surface area (Å²) >= 11 is 0. The summed E-state index contributed by atoms with van der Waals surface area (Å²) in [6, 6.07) is 7.69. The van der Waals surface area contributed by atoms with Crippen molar-refractivity contribution >= 4 is 0 Å². The lowest BCUT2D eigenvalue weighted by Gasteiger charge is -2.27. The van der Waals surface area contributed by atoms with Crippen LogP contribution in [-0.2, 0) is 0 Å². The zero-order chi connectivity index (χ0) is 15.8. The Morgan fingerprint density at radius 1 is 1.27 bits per heavy atom. The van der Waals surface area contributed by atoms with Crippen LogP contribution in [0.5, 0.6) is 5.75 Å². The average Bonchev–Trinajstić information content (AvgIpc) is 2.55. The maximum Gasteiger partial charge on any atom is 0.119 e. The van der Waals surface area contributed by atoms with Crippen molar-refractivity contribution in [2.75, 3.05) is 6.61 Å². The van der Waals surface area contributed by atoms with E-state index in [4.69, 9.17) is 4.74 Å². The van der Waals surface area contributed by atoms with E-state index in [9.17, 15) is 5.11 Å². The van der Waals surface area contributed by atoms with Crippen LogP contribution in [-0.4, -0.2) is 17.8 Å². The van der Waals surface area contributed by atoms with Crippen LogP contribution in [0.3, 0.4) is 0 Å². The van der Waals surface area contributed by atoms with Gasteiger partial charge in [0.15, 0.2) is 0 Å². The van der Waals surface area contributed by atoms with Crippen molar-refractivity contribution in [2.45, 2.75) is 45.1 Å². The van der Waals surface area contributed by atoms with Gasteiger partial charge in [-0.25, -0.2) is 0 Å². The van der Waals surface area contributed by atoms with E-state index in [0.29, 0.717) is 18.4 Å². The summed E-state index contributed by atoms with van der Waals surface area (Å²) in [5.41, 5.74) is 0.915. The Hall–Kier alpha value is -1.72. The zero-order valence-corrected chi connectivity index (χ0v) is 13.4. The van der Waals surface area contributed by atoms with E-state index in [2.05, 4.69) is 24.5 Å². The zero-order valence-electron chi connectivity index (χ0n) is 13.4. The Balaban J connectivity index is 1.82. The van der Waals surface area contributed by atoms with E-state index in [1.165, 1.54) is 25.7 Å². The van der Waals surface area contributed by atoms with Crippen molar-refractivity contribution < 1.29 is 9.84 Å². The molecule has 0 aromatic heterocycles. The molecule has 0 heterocycles. The number of ether oxygens (including phenoxy) is 1. The van der Waals surface area contributed by atoms with Crippen LogP contribution < -0.4 is 4.74 Å². The van der Waals surface area contributed by atoms with E-state index in [0.717, 1.165) is 17.7 Å². The standard InChI is InChI=1S/C20H26O2/c1-3-16-5-7-18(8-6-16)15-19(21)12-9-17-10-13-20(14-11-17)22-4-2/h3,10-11,13-14,16,18-19,21H,1,4-8,15H2,2H3. The van der Waals surface area contributed by atoms with E-state index in [1.807, 2.05) is 31.2 Å². The van der Waals surface area contributed by atoms with E-state index in [1.54, 1.807) is 0 Å². The lowest BCUT2D eigenvalue weighted by molar-refractivity contribution is 0.171. The van der Waals surface area contributed by atoms with Gasteiger partial charge in [0.25, 0.3) is 0 Å². The first-order valence-corrected chi connectivity index (χ1v) is 8.26. The van der Waals surface area contributed by atoms with Gasteiger partial charge in [-0.2, -0.15) is 0 Å². The fourth-order valence-electron chi connectivity index (χ4n) is 3.00. The number of benzene rings is 1. The second-order valence-electron chi connectivity index (χ2n) is 5.99. The molecule has 1 unspecified atom stereocenters. The molecule has 2 nitrogen and oxygen atoms in total. The first-order chi connectivity index (χ1) is 10.7. The minimum Gasteiger partial charge on any atom is -0.494 e. The molecule has 0 spiro atoms. The lowest BCUT2D eigenvalue weighted by atomic mass is 9.80. The molecular formula is C20H26O2. The van der Waals surface area contributed by atoms with Gasteiger partial charge in [0, 0.05) is 5.56 Å². The molecule has 0 bridgehead atoms. The van der Waals surface area contributed by atoms with Gasteiger partial charge in [0.05, 0.1) is 6.61 Å². The van der Waals surface area contributed by atoms with Gasteiger partial charge in [0.1, 0.15) is 11.9 Å². The van der Waals surface area contributed by atoms with Crippen molar-refractivity contribution in [3.8, 4) is 17.6 Å². The Labute approximate surface area is 134 Å². The Kier molecular flexibility index (Phi) is 6.55. The molecule has 22 heavy (non-hydrogen) atoms. The molecule has 2 rings (SSSR count). The molecule has 2 heteroatoms. The molecule has 1 N–H and O–H groups in total. The third-order valence-corrected chi connectivity index (χ3v) is 4.33. The van der Waals surface area contributed by atoms with E-state index < -0.39 is 6.10 Å². The third-order valence-electron chi connectivity index (χ3n) is 4.33.